The molecule has 0 aliphatic rings. The fourth-order valence-electron chi connectivity index (χ4n) is 1.22. The lowest BCUT2D eigenvalue weighted by Crippen LogP contribution is -2.30. The minimum atomic E-state index is -3.89. The van der Waals surface area contributed by atoms with Crippen LogP contribution < -0.4 is 9.44 Å². The van der Waals surface area contributed by atoms with Crippen LogP contribution in [0.3, 0.4) is 0 Å². The zero-order valence-electron chi connectivity index (χ0n) is 9.20. The number of nitrogens with one attached hydrogen (secondary N) is 2. The lowest BCUT2D eigenvalue weighted by Gasteiger charge is -2.13. The molecule has 3 N–H and O–H groups in total. The molecule has 9 heteroatoms. The molecule has 0 saturated heterocycles. The van der Waals surface area contributed by atoms with Gasteiger partial charge in [-0.15, -0.1) is 0 Å². The molecule has 0 heterocycles. The van der Waals surface area contributed by atoms with E-state index in [1.54, 1.807) is 6.92 Å². The van der Waals surface area contributed by atoms with Gasteiger partial charge >= 0.3 is 5.97 Å². The van der Waals surface area contributed by atoms with Gasteiger partial charge in [0.2, 0.25) is 0 Å². The second kappa shape index (κ2) is 5.75. The van der Waals surface area contributed by atoms with Gasteiger partial charge in [0, 0.05) is 6.54 Å². The van der Waals surface area contributed by atoms with Gasteiger partial charge in [-0.2, -0.15) is 13.1 Å². The number of rotatable bonds is 5. The van der Waals surface area contributed by atoms with Crippen molar-refractivity contribution >= 4 is 45.1 Å². The van der Waals surface area contributed by atoms with Crippen molar-refractivity contribution in [1.29, 1.82) is 0 Å². The zero-order valence-corrected chi connectivity index (χ0v) is 11.5. The van der Waals surface area contributed by atoms with Crippen LogP contribution in [0.1, 0.15) is 17.3 Å². The third kappa shape index (κ3) is 3.49. The third-order valence-corrected chi connectivity index (χ3v) is 3.66. The van der Waals surface area contributed by atoms with Gasteiger partial charge in [-0.3, -0.25) is 4.72 Å². The number of anilines is 1. The molecule has 1 rings (SSSR count). The number of aromatic carboxylic acids is 1. The first kappa shape index (κ1) is 15.0. The van der Waals surface area contributed by atoms with Gasteiger partial charge in [0.15, 0.2) is 0 Å². The Balaban J connectivity index is 3.32. The predicted molar refractivity (Wildman–Crippen MR) is 69.6 cm³/mol. The summed E-state index contributed by atoms with van der Waals surface area (Å²) in [5.41, 5.74) is -0.664. The summed E-state index contributed by atoms with van der Waals surface area (Å²) < 4.78 is 27.2. The van der Waals surface area contributed by atoms with Crippen LogP contribution >= 0.6 is 23.2 Å². The van der Waals surface area contributed by atoms with Crippen molar-refractivity contribution < 1.29 is 18.3 Å². The molecule has 0 aromatic heterocycles. The van der Waals surface area contributed by atoms with Gasteiger partial charge in [0.05, 0.1) is 15.7 Å². The lowest BCUT2D eigenvalue weighted by molar-refractivity contribution is 0.0698. The van der Waals surface area contributed by atoms with Gasteiger partial charge in [0.1, 0.15) is 5.56 Å². The van der Waals surface area contributed by atoms with Crippen molar-refractivity contribution in [3.63, 3.8) is 0 Å². The molecule has 0 unspecified atom stereocenters. The number of carboxylic acids is 1. The topological polar surface area (TPSA) is 95.5 Å². The Bertz CT molecular complexity index is 574. The predicted octanol–water partition coefficient (Wildman–Crippen LogP) is 1.96. The quantitative estimate of drug-likeness (QED) is 0.774. The van der Waals surface area contributed by atoms with E-state index in [-0.39, 0.29) is 22.3 Å². The SMILES string of the molecule is CCNS(=O)(=O)Nc1c(Cl)ccc(Cl)c1C(=O)O. The molecule has 0 aliphatic carbocycles. The highest BCUT2D eigenvalue weighted by molar-refractivity contribution is 7.90. The molecule has 0 saturated carbocycles. The summed E-state index contributed by atoms with van der Waals surface area (Å²) >= 11 is 11.5. The van der Waals surface area contributed by atoms with Gasteiger partial charge < -0.3 is 5.11 Å². The number of hydrogen-bond donors (Lipinski definition) is 3. The molecule has 0 atom stereocenters. The second-order valence-corrected chi connectivity index (χ2v) is 5.50. The summed E-state index contributed by atoms with van der Waals surface area (Å²) in [7, 11) is -3.89. The van der Waals surface area contributed by atoms with Crippen LogP contribution in [0, 0.1) is 0 Å². The molecule has 0 spiro atoms. The first-order valence-corrected chi connectivity index (χ1v) is 7.01. The summed E-state index contributed by atoms with van der Waals surface area (Å²) in [4.78, 5) is 11.0. The van der Waals surface area contributed by atoms with Crippen molar-refractivity contribution in [2.45, 2.75) is 6.92 Å². The van der Waals surface area contributed by atoms with Crippen LogP contribution in [-0.4, -0.2) is 26.0 Å². The van der Waals surface area contributed by atoms with E-state index in [0.717, 1.165) is 0 Å². The fourth-order valence-corrected chi connectivity index (χ4v) is 2.65. The second-order valence-electron chi connectivity index (χ2n) is 3.19. The first-order valence-electron chi connectivity index (χ1n) is 4.77. The highest BCUT2D eigenvalue weighted by Gasteiger charge is 2.21. The van der Waals surface area contributed by atoms with Gasteiger partial charge in [-0.05, 0) is 12.1 Å². The average molecular weight is 313 g/mol. The Labute approximate surface area is 114 Å². The number of hydrogen-bond acceptors (Lipinski definition) is 3. The summed E-state index contributed by atoms with van der Waals surface area (Å²) in [5, 5.41) is 8.83. The van der Waals surface area contributed by atoms with Gasteiger partial charge in [0.25, 0.3) is 10.2 Å². The molecule has 0 amide bonds. The standard InChI is InChI=1S/C9H10Cl2N2O4S/c1-2-12-18(16,17)13-8-6(11)4-3-5(10)7(8)9(14)15/h3-4,12-13H,2H2,1H3,(H,14,15). The molecule has 0 fully saturated rings. The van der Waals surface area contributed by atoms with Gasteiger partial charge in [-0.25, -0.2) is 4.79 Å². The number of halogens is 2. The fraction of sp³-hybridized carbons (Fsp3) is 0.222. The maximum Gasteiger partial charge on any atom is 0.339 e. The van der Waals surface area contributed by atoms with Crippen LogP contribution in [0.2, 0.25) is 10.0 Å². The van der Waals surface area contributed by atoms with Crippen LogP contribution in [0.25, 0.3) is 0 Å². The van der Waals surface area contributed by atoms with E-state index in [4.69, 9.17) is 28.3 Å². The van der Waals surface area contributed by atoms with Gasteiger partial charge in [-0.1, -0.05) is 30.1 Å². The monoisotopic (exact) mass is 312 g/mol. The van der Waals surface area contributed by atoms with Crippen LogP contribution in [0.15, 0.2) is 12.1 Å². The Hall–Kier alpha value is -1.02. The number of benzene rings is 1. The Kier molecular flexibility index (Phi) is 4.80. The smallest absolute Gasteiger partial charge is 0.339 e. The summed E-state index contributed by atoms with van der Waals surface area (Å²) in [6.07, 6.45) is 0. The Morgan fingerprint density at radius 2 is 1.89 bits per heavy atom. The molecule has 6 nitrogen and oxygen atoms in total. The molecule has 18 heavy (non-hydrogen) atoms. The Morgan fingerprint density at radius 3 is 2.39 bits per heavy atom. The Morgan fingerprint density at radius 1 is 1.33 bits per heavy atom. The minimum Gasteiger partial charge on any atom is -0.478 e. The lowest BCUT2D eigenvalue weighted by atomic mass is 10.2. The van der Waals surface area contributed by atoms with E-state index < -0.39 is 21.7 Å². The molecule has 0 radical (unpaired) electrons. The van der Waals surface area contributed by atoms with Crippen molar-refractivity contribution in [3.05, 3.63) is 27.7 Å². The van der Waals surface area contributed by atoms with Crippen LogP contribution in [0.4, 0.5) is 5.69 Å². The highest BCUT2D eigenvalue weighted by atomic mass is 35.5. The zero-order chi connectivity index (χ0) is 13.9. The van der Waals surface area contributed by atoms with E-state index in [9.17, 15) is 13.2 Å². The number of carboxylic acid groups (broad SMARTS) is 1. The molecule has 0 aliphatic heterocycles. The van der Waals surface area contributed by atoms with Crippen LogP contribution in [0.5, 0.6) is 0 Å². The van der Waals surface area contributed by atoms with E-state index in [1.165, 1.54) is 12.1 Å². The van der Waals surface area contributed by atoms with E-state index >= 15 is 0 Å². The highest BCUT2D eigenvalue weighted by Crippen LogP contribution is 2.32. The molecule has 100 valence electrons. The summed E-state index contributed by atoms with van der Waals surface area (Å²) in [5.74, 6) is -1.38. The molecular formula is C9H10Cl2N2O4S. The van der Waals surface area contributed by atoms with Crippen molar-refractivity contribution in [3.8, 4) is 0 Å². The van der Waals surface area contributed by atoms with Crippen molar-refractivity contribution in [2.75, 3.05) is 11.3 Å². The van der Waals surface area contributed by atoms with Crippen molar-refractivity contribution in [1.82, 2.24) is 4.72 Å². The van der Waals surface area contributed by atoms with Crippen molar-refractivity contribution in [2.24, 2.45) is 0 Å². The molecule has 1 aromatic carbocycles. The normalized spacial score (nSPS) is 11.3. The van der Waals surface area contributed by atoms with E-state index in [1.807, 2.05) is 4.72 Å². The molecule has 1 aromatic rings. The largest absolute Gasteiger partial charge is 0.478 e. The van der Waals surface area contributed by atoms with E-state index in [2.05, 4.69) is 4.72 Å². The average Bonchev–Trinajstić information content (AvgIpc) is 2.22. The third-order valence-electron chi connectivity index (χ3n) is 1.89. The molecule has 0 bridgehead atoms. The first-order chi connectivity index (χ1) is 8.28. The number of carbonyl (C=O) groups is 1. The summed E-state index contributed by atoms with van der Waals surface area (Å²) in [6.45, 7) is 1.73. The maximum absolute atomic E-state index is 11.5. The van der Waals surface area contributed by atoms with Crippen LogP contribution in [-0.2, 0) is 10.2 Å². The maximum atomic E-state index is 11.5. The minimum absolute atomic E-state index is 0.0571. The summed E-state index contributed by atoms with van der Waals surface area (Å²) in [6, 6.07) is 2.58. The molecular weight excluding hydrogens is 303 g/mol. The van der Waals surface area contributed by atoms with E-state index in [0.29, 0.717) is 0 Å².